The van der Waals surface area contributed by atoms with E-state index in [4.69, 9.17) is 16.3 Å². The van der Waals surface area contributed by atoms with Crippen LogP contribution < -0.4 is 4.74 Å². The molecule has 0 spiro atoms. The number of hydrogen-bond acceptors (Lipinski definition) is 4. The van der Waals surface area contributed by atoms with Crippen LogP contribution in [0.25, 0.3) is 0 Å². The highest BCUT2D eigenvalue weighted by Gasteiger charge is 2.13. The van der Waals surface area contributed by atoms with Gasteiger partial charge in [-0.05, 0) is 38.1 Å². The Balaban J connectivity index is 1.73. The maximum absolute atomic E-state index is 5.85. The average molecular weight is 304 g/mol. The minimum Gasteiger partial charge on any atom is -0.437 e. The Labute approximate surface area is 129 Å². The van der Waals surface area contributed by atoms with Crippen molar-refractivity contribution in [1.29, 1.82) is 0 Å². The summed E-state index contributed by atoms with van der Waals surface area (Å²) in [5.41, 5.74) is 1.18. The first-order chi connectivity index (χ1) is 10.3. The van der Waals surface area contributed by atoms with Gasteiger partial charge in [0.05, 0.1) is 0 Å². The van der Waals surface area contributed by atoms with Gasteiger partial charge < -0.3 is 4.74 Å². The van der Waals surface area contributed by atoms with Crippen molar-refractivity contribution >= 4 is 11.6 Å². The molecule has 0 aliphatic carbocycles. The fourth-order valence-electron chi connectivity index (χ4n) is 2.56. The zero-order valence-corrected chi connectivity index (χ0v) is 12.6. The predicted octanol–water partition coefficient (Wildman–Crippen LogP) is 3.91. The Morgan fingerprint density at radius 3 is 2.57 bits per heavy atom. The van der Waals surface area contributed by atoms with Crippen LogP contribution in [0.4, 0.5) is 0 Å². The highest BCUT2D eigenvalue weighted by atomic mass is 35.5. The minimum absolute atomic E-state index is 0.365. The average Bonchev–Trinajstić information content (AvgIpc) is 2.52. The number of aromatic nitrogens is 2. The monoisotopic (exact) mass is 303 g/mol. The molecule has 0 saturated carbocycles. The van der Waals surface area contributed by atoms with Crippen LogP contribution in [0.15, 0.2) is 36.4 Å². The fraction of sp³-hybridized carbons (Fsp3) is 0.375. The van der Waals surface area contributed by atoms with Crippen LogP contribution in [0.1, 0.15) is 24.8 Å². The van der Waals surface area contributed by atoms with Gasteiger partial charge in [-0.2, -0.15) is 0 Å². The van der Waals surface area contributed by atoms with Gasteiger partial charge in [0, 0.05) is 18.2 Å². The van der Waals surface area contributed by atoms with Gasteiger partial charge in [0.15, 0.2) is 5.15 Å². The number of benzene rings is 1. The van der Waals surface area contributed by atoms with Crippen molar-refractivity contribution in [1.82, 2.24) is 15.1 Å². The molecule has 0 bridgehead atoms. The third-order valence-electron chi connectivity index (χ3n) is 3.64. The summed E-state index contributed by atoms with van der Waals surface area (Å²) in [5.74, 6) is 1.30. The highest BCUT2D eigenvalue weighted by molar-refractivity contribution is 6.29. The van der Waals surface area contributed by atoms with Gasteiger partial charge in [-0.3, -0.25) is 4.90 Å². The van der Waals surface area contributed by atoms with Crippen LogP contribution in [0.2, 0.25) is 5.15 Å². The molecule has 0 atom stereocenters. The van der Waals surface area contributed by atoms with Crippen LogP contribution in [0.3, 0.4) is 0 Å². The van der Waals surface area contributed by atoms with Gasteiger partial charge in [0.25, 0.3) is 0 Å². The van der Waals surface area contributed by atoms with E-state index in [0.29, 0.717) is 11.0 Å². The number of hydrogen-bond donors (Lipinski definition) is 0. The fourth-order valence-corrected chi connectivity index (χ4v) is 2.66. The molecule has 1 aliphatic rings. The maximum atomic E-state index is 5.85. The molecule has 0 unspecified atom stereocenters. The Hall–Kier alpha value is -1.65. The van der Waals surface area contributed by atoms with Crippen molar-refractivity contribution in [3.05, 3.63) is 47.1 Å². The van der Waals surface area contributed by atoms with E-state index >= 15 is 0 Å². The number of piperidine rings is 1. The van der Waals surface area contributed by atoms with Gasteiger partial charge in [0.1, 0.15) is 5.75 Å². The van der Waals surface area contributed by atoms with Crippen molar-refractivity contribution in [3.63, 3.8) is 0 Å². The summed E-state index contributed by atoms with van der Waals surface area (Å²) < 4.78 is 5.85. The third-order valence-corrected chi connectivity index (χ3v) is 3.84. The molecule has 1 aliphatic heterocycles. The van der Waals surface area contributed by atoms with E-state index in [0.717, 1.165) is 25.4 Å². The highest BCUT2D eigenvalue weighted by Crippen LogP contribution is 2.26. The molecule has 0 amide bonds. The summed E-state index contributed by atoms with van der Waals surface area (Å²) in [6.45, 7) is 3.24. The molecule has 0 N–H and O–H groups in total. The standard InChI is InChI=1S/C16H18ClN3O/c17-15-8-9-16(19-18-15)21-14-7-3-2-6-13(14)12-20-10-4-1-5-11-20/h2-3,6-9H,1,4-5,10-12H2. The lowest BCUT2D eigenvalue weighted by Crippen LogP contribution is -2.29. The van der Waals surface area contributed by atoms with Crippen molar-refractivity contribution < 1.29 is 4.74 Å². The normalized spacial score (nSPS) is 15.9. The first-order valence-corrected chi connectivity index (χ1v) is 7.66. The molecular formula is C16H18ClN3O. The Morgan fingerprint density at radius 1 is 1.00 bits per heavy atom. The predicted molar refractivity (Wildman–Crippen MR) is 82.7 cm³/mol. The van der Waals surface area contributed by atoms with Crippen LogP contribution in [-0.4, -0.2) is 28.2 Å². The second-order valence-corrected chi connectivity index (χ2v) is 5.63. The summed E-state index contributed by atoms with van der Waals surface area (Å²) in [6, 6.07) is 11.5. The Morgan fingerprint density at radius 2 is 1.81 bits per heavy atom. The van der Waals surface area contributed by atoms with Crippen molar-refractivity contribution in [3.8, 4) is 11.6 Å². The number of rotatable bonds is 4. The number of likely N-dealkylation sites (tertiary alicyclic amines) is 1. The lowest BCUT2D eigenvalue weighted by atomic mass is 10.1. The summed E-state index contributed by atoms with van der Waals surface area (Å²) in [5, 5.41) is 8.11. The van der Waals surface area contributed by atoms with Crippen molar-refractivity contribution in [2.45, 2.75) is 25.8 Å². The molecule has 4 nitrogen and oxygen atoms in total. The second kappa shape index (κ2) is 6.87. The van der Waals surface area contributed by atoms with E-state index in [2.05, 4.69) is 21.2 Å². The van der Waals surface area contributed by atoms with E-state index < -0.39 is 0 Å². The number of para-hydroxylation sites is 1. The van der Waals surface area contributed by atoms with Gasteiger partial charge in [0.2, 0.25) is 5.88 Å². The zero-order chi connectivity index (χ0) is 14.5. The molecule has 21 heavy (non-hydrogen) atoms. The molecule has 1 fully saturated rings. The molecule has 5 heteroatoms. The van der Waals surface area contributed by atoms with E-state index in [9.17, 15) is 0 Å². The van der Waals surface area contributed by atoms with Crippen LogP contribution in [-0.2, 0) is 6.54 Å². The third kappa shape index (κ3) is 3.93. The molecule has 3 rings (SSSR count). The molecule has 2 aromatic rings. The number of ether oxygens (including phenoxy) is 1. The van der Waals surface area contributed by atoms with Gasteiger partial charge in [-0.15, -0.1) is 10.2 Å². The van der Waals surface area contributed by atoms with Crippen LogP contribution in [0, 0.1) is 0 Å². The number of halogens is 1. The minimum atomic E-state index is 0.365. The summed E-state index contributed by atoms with van der Waals surface area (Å²) in [4.78, 5) is 2.47. The summed E-state index contributed by atoms with van der Waals surface area (Å²) >= 11 is 5.74. The van der Waals surface area contributed by atoms with Crippen LogP contribution in [0.5, 0.6) is 11.6 Å². The van der Waals surface area contributed by atoms with Crippen LogP contribution >= 0.6 is 11.6 Å². The van der Waals surface area contributed by atoms with Gasteiger partial charge in [-0.1, -0.05) is 36.2 Å². The quantitative estimate of drug-likeness (QED) is 0.858. The van der Waals surface area contributed by atoms with Crippen molar-refractivity contribution in [2.75, 3.05) is 13.1 Å². The topological polar surface area (TPSA) is 38.2 Å². The lowest BCUT2D eigenvalue weighted by molar-refractivity contribution is 0.219. The smallest absolute Gasteiger partial charge is 0.238 e. The largest absolute Gasteiger partial charge is 0.437 e. The SMILES string of the molecule is Clc1ccc(Oc2ccccc2CN2CCCCC2)nn1. The van der Waals surface area contributed by atoms with Gasteiger partial charge in [-0.25, -0.2) is 0 Å². The zero-order valence-electron chi connectivity index (χ0n) is 11.8. The first kappa shape index (κ1) is 14.3. The molecule has 1 aromatic carbocycles. The molecule has 0 radical (unpaired) electrons. The van der Waals surface area contributed by atoms with E-state index in [1.54, 1.807) is 12.1 Å². The summed E-state index contributed by atoms with van der Waals surface area (Å²) in [7, 11) is 0. The van der Waals surface area contributed by atoms with E-state index in [-0.39, 0.29) is 0 Å². The lowest BCUT2D eigenvalue weighted by Gasteiger charge is -2.27. The first-order valence-electron chi connectivity index (χ1n) is 7.28. The Bertz CT molecular complexity index is 582. The second-order valence-electron chi connectivity index (χ2n) is 5.24. The maximum Gasteiger partial charge on any atom is 0.238 e. The molecule has 110 valence electrons. The number of nitrogens with zero attached hydrogens (tertiary/aromatic N) is 3. The van der Waals surface area contributed by atoms with E-state index in [1.165, 1.54) is 24.8 Å². The molecule has 1 aromatic heterocycles. The van der Waals surface area contributed by atoms with Crippen molar-refractivity contribution in [2.24, 2.45) is 0 Å². The van der Waals surface area contributed by atoms with E-state index in [1.807, 2.05) is 18.2 Å². The molecule has 2 heterocycles. The molecule has 1 saturated heterocycles. The molecular weight excluding hydrogens is 286 g/mol. The van der Waals surface area contributed by atoms with Gasteiger partial charge >= 0.3 is 0 Å². The summed E-state index contributed by atoms with van der Waals surface area (Å²) in [6.07, 6.45) is 3.91. The Kier molecular flexibility index (Phi) is 4.68.